The second-order valence-electron chi connectivity index (χ2n) is 4.82. The van der Waals surface area contributed by atoms with Crippen molar-refractivity contribution in [2.45, 2.75) is 6.92 Å². The number of aromatic nitrogens is 2. The Kier molecular flexibility index (Phi) is 3.07. The SMILES string of the molecule is Cc1c(-c2ccc(C=O)cc2Cl)ccc2c1ncn2C. The number of aryl methyl sites for hydroxylation is 2. The molecule has 0 spiro atoms. The van der Waals surface area contributed by atoms with Crippen LogP contribution in [0.3, 0.4) is 0 Å². The Hall–Kier alpha value is -2.13. The van der Waals surface area contributed by atoms with Crippen LogP contribution < -0.4 is 0 Å². The Balaban J connectivity index is 2.24. The summed E-state index contributed by atoms with van der Waals surface area (Å²) < 4.78 is 1.99. The van der Waals surface area contributed by atoms with Crippen molar-refractivity contribution in [2.24, 2.45) is 7.05 Å². The van der Waals surface area contributed by atoms with Gasteiger partial charge in [-0.2, -0.15) is 0 Å². The average molecular weight is 285 g/mol. The maximum atomic E-state index is 10.8. The number of carbonyl (C=O) groups is 1. The summed E-state index contributed by atoms with van der Waals surface area (Å²) in [6, 6.07) is 9.42. The smallest absolute Gasteiger partial charge is 0.150 e. The molecule has 1 aromatic heterocycles. The molecule has 0 amide bonds. The molecular weight excluding hydrogens is 272 g/mol. The zero-order valence-electron chi connectivity index (χ0n) is 11.2. The van der Waals surface area contributed by atoms with Crippen LogP contribution in [-0.2, 0) is 7.05 Å². The Morgan fingerprint density at radius 1 is 1.20 bits per heavy atom. The average Bonchev–Trinajstić information content (AvgIpc) is 2.82. The lowest BCUT2D eigenvalue weighted by molar-refractivity contribution is 0.112. The van der Waals surface area contributed by atoms with Crippen molar-refractivity contribution in [3.05, 3.63) is 52.8 Å². The van der Waals surface area contributed by atoms with Gasteiger partial charge in [-0.25, -0.2) is 4.98 Å². The van der Waals surface area contributed by atoms with Crippen molar-refractivity contribution in [3.8, 4) is 11.1 Å². The molecule has 0 unspecified atom stereocenters. The molecule has 4 heteroatoms. The van der Waals surface area contributed by atoms with E-state index in [1.807, 2.05) is 36.7 Å². The maximum Gasteiger partial charge on any atom is 0.150 e. The molecule has 2 aromatic carbocycles. The fourth-order valence-electron chi connectivity index (χ4n) is 2.45. The van der Waals surface area contributed by atoms with Gasteiger partial charge in [0.15, 0.2) is 0 Å². The number of hydrogen-bond acceptors (Lipinski definition) is 2. The summed E-state index contributed by atoms with van der Waals surface area (Å²) in [7, 11) is 1.97. The first-order chi connectivity index (χ1) is 9.61. The zero-order valence-corrected chi connectivity index (χ0v) is 12.0. The second kappa shape index (κ2) is 4.76. The maximum absolute atomic E-state index is 10.8. The van der Waals surface area contributed by atoms with E-state index in [9.17, 15) is 4.79 Å². The van der Waals surface area contributed by atoms with Crippen molar-refractivity contribution in [1.82, 2.24) is 9.55 Å². The number of benzene rings is 2. The van der Waals surface area contributed by atoms with E-state index < -0.39 is 0 Å². The summed E-state index contributed by atoms with van der Waals surface area (Å²) in [6.45, 7) is 2.04. The van der Waals surface area contributed by atoms with Gasteiger partial charge in [0.2, 0.25) is 0 Å². The molecule has 1 heterocycles. The minimum absolute atomic E-state index is 0.577. The van der Waals surface area contributed by atoms with E-state index in [0.717, 1.165) is 34.0 Å². The minimum Gasteiger partial charge on any atom is -0.334 e. The van der Waals surface area contributed by atoms with Crippen LogP contribution in [0.25, 0.3) is 22.2 Å². The van der Waals surface area contributed by atoms with E-state index in [-0.39, 0.29) is 0 Å². The molecule has 100 valence electrons. The summed E-state index contributed by atoms with van der Waals surface area (Å²) in [5.41, 5.74) is 5.69. The predicted molar refractivity (Wildman–Crippen MR) is 81.3 cm³/mol. The minimum atomic E-state index is 0.577. The van der Waals surface area contributed by atoms with E-state index in [4.69, 9.17) is 11.6 Å². The lowest BCUT2D eigenvalue weighted by atomic mass is 9.98. The first kappa shape index (κ1) is 12.9. The number of imidazole rings is 1. The van der Waals surface area contributed by atoms with Crippen LogP contribution in [0, 0.1) is 6.92 Å². The molecule has 3 aromatic rings. The standard InChI is InChI=1S/C16H13ClN2O/c1-10-12(5-6-15-16(10)18-9-19(15)2)13-4-3-11(8-20)7-14(13)17/h3-9H,1-2H3. The van der Waals surface area contributed by atoms with Gasteiger partial charge >= 0.3 is 0 Å². The molecule has 0 aliphatic carbocycles. The number of carbonyl (C=O) groups excluding carboxylic acids is 1. The number of halogens is 1. The van der Waals surface area contributed by atoms with Gasteiger partial charge in [0, 0.05) is 23.2 Å². The number of aldehydes is 1. The van der Waals surface area contributed by atoms with Crippen LogP contribution in [0.1, 0.15) is 15.9 Å². The molecule has 0 saturated heterocycles. The lowest BCUT2D eigenvalue weighted by Crippen LogP contribution is -1.90. The van der Waals surface area contributed by atoms with Crippen molar-refractivity contribution in [2.75, 3.05) is 0 Å². The van der Waals surface area contributed by atoms with Gasteiger partial charge in [0.1, 0.15) is 6.29 Å². The van der Waals surface area contributed by atoms with Crippen molar-refractivity contribution >= 4 is 28.9 Å². The van der Waals surface area contributed by atoms with Crippen molar-refractivity contribution < 1.29 is 4.79 Å². The van der Waals surface area contributed by atoms with E-state index >= 15 is 0 Å². The molecule has 0 aliphatic rings. The largest absolute Gasteiger partial charge is 0.334 e. The Bertz CT molecular complexity index is 821. The second-order valence-corrected chi connectivity index (χ2v) is 5.23. The van der Waals surface area contributed by atoms with Gasteiger partial charge in [-0.1, -0.05) is 29.8 Å². The molecule has 3 rings (SSSR count). The highest BCUT2D eigenvalue weighted by Gasteiger charge is 2.11. The predicted octanol–water partition coefficient (Wildman–Crippen LogP) is 4.01. The van der Waals surface area contributed by atoms with Crippen LogP contribution in [0.5, 0.6) is 0 Å². The number of hydrogen-bond donors (Lipinski definition) is 0. The first-order valence-electron chi connectivity index (χ1n) is 6.27. The van der Waals surface area contributed by atoms with E-state index in [1.54, 1.807) is 18.5 Å². The molecule has 0 radical (unpaired) electrons. The lowest BCUT2D eigenvalue weighted by Gasteiger charge is -2.09. The number of fused-ring (bicyclic) bond motifs is 1. The Morgan fingerprint density at radius 3 is 2.65 bits per heavy atom. The summed E-state index contributed by atoms with van der Waals surface area (Å²) in [4.78, 5) is 15.2. The van der Waals surface area contributed by atoms with Gasteiger partial charge < -0.3 is 4.57 Å². The van der Waals surface area contributed by atoms with Crippen LogP contribution in [0.2, 0.25) is 5.02 Å². The summed E-state index contributed by atoms with van der Waals surface area (Å²) in [6.07, 6.45) is 2.60. The van der Waals surface area contributed by atoms with Gasteiger partial charge in [-0.3, -0.25) is 4.79 Å². The van der Waals surface area contributed by atoms with Crippen molar-refractivity contribution in [3.63, 3.8) is 0 Å². The fraction of sp³-hybridized carbons (Fsp3) is 0.125. The van der Waals surface area contributed by atoms with E-state index in [2.05, 4.69) is 4.98 Å². The fourth-order valence-corrected chi connectivity index (χ4v) is 2.75. The Morgan fingerprint density at radius 2 is 1.95 bits per heavy atom. The van der Waals surface area contributed by atoms with Crippen molar-refractivity contribution in [1.29, 1.82) is 0 Å². The molecule has 0 bridgehead atoms. The molecule has 3 nitrogen and oxygen atoms in total. The van der Waals surface area contributed by atoms with E-state index in [0.29, 0.717) is 10.6 Å². The molecule has 20 heavy (non-hydrogen) atoms. The van der Waals surface area contributed by atoms with Gasteiger partial charge in [0.25, 0.3) is 0 Å². The molecule has 0 saturated carbocycles. The monoisotopic (exact) mass is 284 g/mol. The topological polar surface area (TPSA) is 34.9 Å². The van der Waals surface area contributed by atoms with Gasteiger partial charge in [-0.05, 0) is 30.2 Å². The molecule has 0 fully saturated rings. The highest BCUT2D eigenvalue weighted by Crippen LogP contribution is 2.33. The quantitative estimate of drug-likeness (QED) is 0.666. The highest BCUT2D eigenvalue weighted by atomic mass is 35.5. The summed E-state index contributed by atoms with van der Waals surface area (Å²) in [5.74, 6) is 0. The van der Waals surface area contributed by atoms with Gasteiger partial charge in [-0.15, -0.1) is 0 Å². The number of rotatable bonds is 2. The van der Waals surface area contributed by atoms with Crippen LogP contribution in [-0.4, -0.2) is 15.8 Å². The van der Waals surface area contributed by atoms with Crippen LogP contribution in [0.4, 0.5) is 0 Å². The zero-order chi connectivity index (χ0) is 14.3. The third-order valence-electron chi connectivity index (χ3n) is 3.57. The van der Waals surface area contributed by atoms with E-state index in [1.165, 1.54) is 0 Å². The third kappa shape index (κ3) is 1.91. The summed E-state index contributed by atoms with van der Waals surface area (Å²) in [5, 5.41) is 0.577. The van der Waals surface area contributed by atoms with Crippen LogP contribution >= 0.6 is 11.6 Å². The number of nitrogens with zero attached hydrogens (tertiary/aromatic N) is 2. The normalized spacial score (nSPS) is 10.9. The first-order valence-corrected chi connectivity index (χ1v) is 6.65. The Labute approximate surface area is 121 Å². The summed E-state index contributed by atoms with van der Waals surface area (Å²) >= 11 is 6.29. The molecule has 0 N–H and O–H groups in total. The molecule has 0 aliphatic heterocycles. The highest BCUT2D eigenvalue weighted by molar-refractivity contribution is 6.33. The molecule has 0 atom stereocenters. The third-order valence-corrected chi connectivity index (χ3v) is 3.88. The van der Waals surface area contributed by atoms with Gasteiger partial charge in [0.05, 0.1) is 17.4 Å². The molecular formula is C16H13ClN2O. The van der Waals surface area contributed by atoms with Crippen LogP contribution in [0.15, 0.2) is 36.7 Å².